The molecule has 0 fully saturated rings. The second-order valence-corrected chi connectivity index (χ2v) is 5.89. The van der Waals surface area contributed by atoms with Crippen molar-refractivity contribution < 1.29 is 14.9 Å². The summed E-state index contributed by atoms with van der Waals surface area (Å²) in [5, 5.41) is 22.9. The Balaban J connectivity index is 1.65. The van der Waals surface area contributed by atoms with Crippen molar-refractivity contribution in [2.45, 2.75) is 32.7 Å². The molecule has 0 amide bonds. The van der Waals surface area contributed by atoms with E-state index in [2.05, 4.69) is 16.1 Å². The lowest BCUT2D eigenvalue weighted by molar-refractivity contribution is 0.189. The van der Waals surface area contributed by atoms with Crippen molar-refractivity contribution in [1.29, 1.82) is 0 Å². The Hall–Kier alpha value is -1.89. The van der Waals surface area contributed by atoms with Crippen molar-refractivity contribution in [3.05, 3.63) is 47.3 Å². The van der Waals surface area contributed by atoms with E-state index in [0.29, 0.717) is 6.61 Å². The molecule has 1 atom stereocenters. The van der Waals surface area contributed by atoms with Gasteiger partial charge < -0.3 is 14.9 Å². The highest BCUT2D eigenvalue weighted by molar-refractivity contribution is 5.28. The average molecular weight is 317 g/mol. The Morgan fingerprint density at radius 1 is 1.30 bits per heavy atom. The lowest BCUT2D eigenvalue weighted by atomic mass is 10.1. The third kappa shape index (κ3) is 3.90. The maximum absolute atomic E-state index is 9.65. The van der Waals surface area contributed by atoms with Gasteiger partial charge in [0, 0.05) is 19.6 Å². The fourth-order valence-electron chi connectivity index (χ4n) is 2.84. The van der Waals surface area contributed by atoms with Crippen molar-refractivity contribution in [2.75, 3.05) is 19.8 Å². The fraction of sp³-hybridized carbons (Fsp3) is 0.471. The summed E-state index contributed by atoms with van der Waals surface area (Å²) in [6.07, 6.45) is -0.526. The maximum atomic E-state index is 9.65. The Morgan fingerprint density at radius 3 is 2.96 bits per heavy atom. The molecule has 0 bridgehead atoms. The summed E-state index contributed by atoms with van der Waals surface area (Å²) in [5.41, 5.74) is 3.06. The van der Waals surface area contributed by atoms with Crippen LogP contribution >= 0.6 is 0 Å². The van der Waals surface area contributed by atoms with E-state index in [1.54, 1.807) is 6.92 Å². The monoisotopic (exact) mass is 317 g/mol. The zero-order chi connectivity index (χ0) is 16.2. The Labute approximate surface area is 135 Å². The number of nitrogens with zero attached hydrogens (tertiary/aromatic N) is 3. The quantitative estimate of drug-likeness (QED) is 0.841. The highest BCUT2D eigenvalue weighted by Crippen LogP contribution is 2.20. The number of hydrogen-bond acceptors (Lipinski definition) is 5. The van der Waals surface area contributed by atoms with Crippen molar-refractivity contribution in [1.82, 2.24) is 14.7 Å². The van der Waals surface area contributed by atoms with Crippen molar-refractivity contribution in [2.24, 2.45) is 0 Å². The molecule has 6 nitrogen and oxygen atoms in total. The summed E-state index contributed by atoms with van der Waals surface area (Å²) in [5.74, 6) is 0.787. The van der Waals surface area contributed by atoms with E-state index in [1.807, 2.05) is 28.9 Å². The predicted octanol–water partition coefficient (Wildman–Crippen LogP) is 1.32. The number of ether oxygens (including phenoxy) is 1. The summed E-state index contributed by atoms with van der Waals surface area (Å²) in [4.78, 5) is 2.36. The summed E-state index contributed by atoms with van der Waals surface area (Å²) in [6, 6.07) is 9.96. The van der Waals surface area contributed by atoms with Crippen LogP contribution in [0, 0.1) is 0 Å². The van der Waals surface area contributed by atoms with Crippen LogP contribution in [0.4, 0.5) is 0 Å². The molecule has 0 spiro atoms. The van der Waals surface area contributed by atoms with Gasteiger partial charge in [0.05, 0.1) is 30.6 Å². The third-order valence-electron chi connectivity index (χ3n) is 3.99. The fourth-order valence-corrected chi connectivity index (χ4v) is 2.84. The molecule has 1 unspecified atom stereocenters. The summed E-state index contributed by atoms with van der Waals surface area (Å²) < 4.78 is 7.45. The van der Waals surface area contributed by atoms with Gasteiger partial charge in [-0.2, -0.15) is 5.10 Å². The minimum absolute atomic E-state index is 0.0198. The number of rotatable bonds is 6. The normalized spacial score (nSPS) is 16.1. The number of aliphatic hydroxyl groups is 2. The largest absolute Gasteiger partial charge is 0.491 e. The Bertz CT molecular complexity index is 654. The lowest BCUT2D eigenvalue weighted by Crippen LogP contribution is -2.33. The highest BCUT2D eigenvalue weighted by Gasteiger charge is 2.19. The first-order valence-electron chi connectivity index (χ1n) is 7.95. The van der Waals surface area contributed by atoms with Crippen LogP contribution in [0.2, 0.25) is 0 Å². The topological polar surface area (TPSA) is 70.8 Å². The summed E-state index contributed by atoms with van der Waals surface area (Å²) in [7, 11) is 0. The first-order chi connectivity index (χ1) is 11.2. The molecule has 1 aromatic heterocycles. The van der Waals surface area contributed by atoms with Gasteiger partial charge in [-0.1, -0.05) is 12.1 Å². The molecule has 0 aliphatic carbocycles. The third-order valence-corrected chi connectivity index (χ3v) is 3.99. The molecule has 1 aromatic carbocycles. The average Bonchev–Trinajstić information content (AvgIpc) is 2.97. The maximum Gasteiger partial charge on any atom is 0.119 e. The van der Waals surface area contributed by atoms with Crippen LogP contribution in [0.5, 0.6) is 5.75 Å². The summed E-state index contributed by atoms with van der Waals surface area (Å²) >= 11 is 0. The highest BCUT2D eigenvalue weighted by atomic mass is 16.5. The number of aromatic nitrogens is 2. The molecular formula is C17H23N3O3. The van der Waals surface area contributed by atoms with Crippen LogP contribution in [0.15, 0.2) is 30.3 Å². The van der Waals surface area contributed by atoms with Gasteiger partial charge in [0.25, 0.3) is 0 Å². The van der Waals surface area contributed by atoms with Gasteiger partial charge in [-0.3, -0.25) is 9.58 Å². The van der Waals surface area contributed by atoms with Crippen LogP contribution in [0.1, 0.15) is 30.0 Å². The van der Waals surface area contributed by atoms with E-state index >= 15 is 0 Å². The molecule has 1 aliphatic heterocycles. The van der Waals surface area contributed by atoms with Gasteiger partial charge >= 0.3 is 0 Å². The molecular weight excluding hydrogens is 294 g/mol. The van der Waals surface area contributed by atoms with E-state index in [0.717, 1.165) is 43.3 Å². The SMILES string of the molecule is CC(O)c1cc2n(n1)CCN(Cc1cccc(OCCO)c1)C2. The standard InChI is InChI=1S/C17H23N3O3/c1-13(22)17-10-15-12-19(5-6-20(15)18-17)11-14-3-2-4-16(9-14)23-8-7-21/h2-4,9-10,13,21-22H,5-8,11-12H2,1H3. The molecule has 124 valence electrons. The van der Waals surface area contributed by atoms with Gasteiger partial charge in [-0.15, -0.1) is 0 Å². The zero-order valence-electron chi connectivity index (χ0n) is 13.4. The molecule has 2 heterocycles. The van der Waals surface area contributed by atoms with Gasteiger partial charge in [-0.05, 0) is 30.7 Å². The lowest BCUT2D eigenvalue weighted by Gasteiger charge is -2.27. The van der Waals surface area contributed by atoms with E-state index in [1.165, 1.54) is 5.56 Å². The second kappa shape index (κ2) is 7.12. The number of fused-ring (bicyclic) bond motifs is 1. The van der Waals surface area contributed by atoms with Crippen molar-refractivity contribution in [3.8, 4) is 5.75 Å². The van der Waals surface area contributed by atoms with Gasteiger partial charge in [0.1, 0.15) is 12.4 Å². The molecule has 3 rings (SSSR count). The van der Waals surface area contributed by atoms with Crippen LogP contribution in [0.3, 0.4) is 0 Å². The van der Waals surface area contributed by atoms with Crippen LogP contribution < -0.4 is 4.74 Å². The van der Waals surface area contributed by atoms with E-state index in [9.17, 15) is 5.11 Å². The number of benzene rings is 1. The van der Waals surface area contributed by atoms with Crippen LogP contribution in [0.25, 0.3) is 0 Å². The van der Waals surface area contributed by atoms with E-state index in [4.69, 9.17) is 9.84 Å². The first-order valence-corrected chi connectivity index (χ1v) is 7.95. The second-order valence-electron chi connectivity index (χ2n) is 5.89. The first kappa shape index (κ1) is 16.0. The minimum Gasteiger partial charge on any atom is -0.491 e. The molecule has 2 N–H and O–H groups in total. The Kier molecular flexibility index (Phi) is 4.95. The molecule has 0 saturated heterocycles. The number of hydrogen-bond donors (Lipinski definition) is 2. The Morgan fingerprint density at radius 2 is 2.17 bits per heavy atom. The molecule has 1 aliphatic rings. The smallest absolute Gasteiger partial charge is 0.119 e. The number of aliphatic hydroxyl groups excluding tert-OH is 2. The summed E-state index contributed by atoms with van der Waals surface area (Å²) in [6.45, 7) is 5.50. The van der Waals surface area contributed by atoms with Crippen LogP contribution in [-0.2, 0) is 19.6 Å². The molecule has 23 heavy (non-hydrogen) atoms. The zero-order valence-corrected chi connectivity index (χ0v) is 13.4. The molecule has 2 aromatic rings. The van der Waals surface area contributed by atoms with E-state index in [-0.39, 0.29) is 6.61 Å². The van der Waals surface area contributed by atoms with Gasteiger partial charge in [0.15, 0.2) is 0 Å². The predicted molar refractivity (Wildman–Crippen MR) is 86.0 cm³/mol. The van der Waals surface area contributed by atoms with E-state index < -0.39 is 6.10 Å². The molecule has 6 heteroatoms. The van der Waals surface area contributed by atoms with Gasteiger partial charge in [0.2, 0.25) is 0 Å². The molecule has 0 saturated carbocycles. The van der Waals surface area contributed by atoms with Crippen molar-refractivity contribution in [3.63, 3.8) is 0 Å². The van der Waals surface area contributed by atoms with Gasteiger partial charge in [-0.25, -0.2) is 0 Å². The minimum atomic E-state index is -0.526. The van der Waals surface area contributed by atoms with Crippen molar-refractivity contribution >= 4 is 0 Å². The van der Waals surface area contributed by atoms with Crippen LogP contribution in [-0.4, -0.2) is 44.7 Å². The molecule has 0 radical (unpaired) electrons.